The van der Waals surface area contributed by atoms with E-state index < -0.39 is 6.43 Å². The molecule has 22 heavy (non-hydrogen) atoms. The molecule has 1 aliphatic heterocycles. The Morgan fingerprint density at radius 1 is 1.50 bits per heavy atom. The number of halogens is 2. The lowest BCUT2D eigenvalue weighted by Crippen LogP contribution is -2.47. The highest BCUT2D eigenvalue weighted by Gasteiger charge is 2.24. The Morgan fingerprint density at radius 3 is 2.95 bits per heavy atom. The molecule has 2 heterocycles. The molecule has 1 amide bonds. The summed E-state index contributed by atoms with van der Waals surface area (Å²) in [6.07, 6.45) is 3.47. The molecule has 5 nitrogen and oxygen atoms in total. The lowest BCUT2D eigenvalue weighted by Gasteiger charge is -2.36. The van der Waals surface area contributed by atoms with Crippen LogP contribution in [0.15, 0.2) is 12.4 Å². The summed E-state index contributed by atoms with van der Waals surface area (Å²) in [5.41, 5.74) is 0. The van der Waals surface area contributed by atoms with Gasteiger partial charge in [0.05, 0.1) is 6.54 Å². The van der Waals surface area contributed by atoms with Gasteiger partial charge in [0.1, 0.15) is 5.82 Å². The maximum absolute atomic E-state index is 12.5. The van der Waals surface area contributed by atoms with Crippen LogP contribution < -0.4 is 0 Å². The van der Waals surface area contributed by atoms with Gasteiger partial charge in [0.25, 0.3) is 6.43 Å². The highest BCUT2D eigenvalue weighted by Crippen LogP contribution is 2.15. The van der Waals surface area contributed by atoms with Gasteiger partial charge in [-0.3, -0.25) is 4.79 Å². The largest absolute Gasteiger partial charge is 0.341 e. The van der Waals surface area contributed by atoms with E-state index in [4.69, 9.17) is 0 Å². The Kier molecular flexibility index (Phi) is 5.88. The molecule has 0 aromatic carbocycles. The zero-order valence-electron chi connectivity index (χ0n) is 13.2. The molecule has 0 spiro atoms. The van der Waals surface area contributed by atoms with E-state index in [2.05, 4.69) is 9.88 Å². The molecule has 1 atom stereocenters. The molecule has 1 aliphatic rings. The Hall–Kier alpha value is -1.50. The van der Waals surface area contributed by atoms with Gasteiger partial charge in [-0.25, -0.2) is 13.8 Å². The van der Waals surface area contributed by atoms with Crippen LogP contribution in [-0.4, -0.2) is 64.9 Å². The van der Waals surface area contributed by atoms with Gasteiger partial charge in [-0.1, -0.05) is 0 Å². The zero-order valence-corrected chi connectivity index (χ0v) is 13.2. The molecule has 1 unspecified atom stereocenters. The number of carbonyl (C=O) groups excluding carboxylic acids is 1. The number of likely N-dealkylation sites (tertiary alicyclic amines) is 1. The Labute approximate surface area is 129 Å². The molecule has 0 saturated carbocycles. The number of hydrogen-bond donors (Lipinski definition) is 0. The van der Waals surface area contributed by atoms with Gasteiger partial charge in [-0.2, -0.15) is 0 Å². The minimum absolute atomic E-state index is 0.0816. The molecular formula is C15H24F2N4O. The van der Waals surface area contributed by atoms with E-state index in [9.17, 15) is 13.6 Å². The SMILES string of the molecule is CN(C)C1CCCN(C(=O)CCc2nccn2CC(F)F)C1. The molecule has 0 radical (unpaired) electrons. The van der Waals surface area contributed by atoms with Crippen molar-refractivity contribution in [3.8, 4) is 0 Å². The van der Waals surface area contributed by atoms with Crippen molar-refractivity contribution in [3.05, 3.63) is 18.2 Å². The summed E-state index contributed by atoms with van der Waals surface area (Å²) < 4.78 is 26.3. The van der Waals surface area contributed by atoms with E-state index >= 15 is 0 Å². The van der Waals surface area contributed by atoms with Crippen LogP contribution in [0.3, 0.4) is 0 Å². The standard InChI is InChI=1S/C15H24F2N4O/c1-19(2)12-4-3-8-21(10-12)15(22)6-5-14-18-7-9-20(14)11-13(16)17/h7,9,12-13H,3-6,8,10-11H2,1-2H3. The summed E-state index contributed by atoms with van der Waals surface area (Å²) >= 11 is 0. The van der Waals surface area contributed by atoms with Gasteiger partial charge >= 0.3 is 0 Å². The predicted molar refractivity (Wildman–Crippen MR) is 79.8 cm³/mol. The summed E-state index contributed by atoms with van der Waals surface area (Å²) in [5.74, 6) is 0.632. The molecule has 1 saturated heterocycles. The Morgan fingerprint density at radius 2 is 2.27 bits per heavy atom. The van der Waals surface area contributed by atoms with E-state index in [-0.39, 0.29) is 12.5 Å². The summed E-state index contributed by atoms with van der Waals surface area (Å²) in [5, 5.41) is 0. The third-order valence-electron chi connectivity index (χ3n) is 4.18. The molecule has 124 valence electrons. The van der Waals surface area contributed by atoms with Crippen molar-refractivity contribution in [3.63, 3.8) is 0 Å². The van der Waals surface area contributed by atoms with Crippen LogP contribution >= 0.6 is 0 Å². The van der Waals surface area contributed by atoms with E-state index in [1.165, 1.54) is 17.0 Å². The van der Waals surface area contributed by atoms with Gasteiger partial charge < -0.3 is 14.4 Å². The minimum atomic E-state index is -2.41. The smallest absolute Gasteiger partial charge is 0.256 e. The second-order valence-corrected chi connectivity index (χ2v) is 5.99. The molecule has 0 aliphatic carbocycles. The van der Waals surface area contributed by atoms with Crippen LogP contribution in [0.4, 0.5) is 8.78 Å². The number of alkyl halides is 2. The van der Waals surface area contributed by atoms with Crippen molar-refractivity contribution in [2.24, 2.45) is 0 Å². The Balaban J connectivity index is 1.86. The molecule has 7 heteroatoms. The fourth-order valence-corrected chi connectivity index (χ4v) is 2.86. The van der Waals surface area contributed by atoms with Crippen LogP contribution in [-0.2, 0) is 17.8 Å². The van der Waals surface area contributed by atoms with E-state index in [0.717, 1.165) is 25.9 Å². The number of nitrogens with zero attached hydrogens (tertiary/aromatic N) is 4. The summed E-state index contributed by atoms with van der Waals surface area (Å²) in [7, 11) is 4.06. The number of amides is 1. The molecule has 0 bridgehead atoms. The number of rotatable bonds is 6. The lowest BCUT2D eigenvalue weighted by molar-refractivity contribution is -0.133. The van der Waals surface area contributed by atoms with Crippen LogP contribution in [0, 0.1) is 0 Å². The summed E-state index contributed by atoms with van der Waals surface area (Å²) in [4.78, 5) is 20.4. The average Bonchev–Trinajstić information content (AvgIpc) is 2.91. The minimum Gasteiger partial charge on any atom is -0.341 e. The van der Waals surface area contributed by atoms with E-state index in [1.807, 2.05) is 19.0 Å². The fraction of sp³-hybridized carbons (Fsp3) is 0.733. The van der Waals surface area contributed by atoms with Crippen molar-refractivity contribution in [1.29, 1.82) is 0 Å². The molecule has 1 fully saturated rings. The fourth-order valence-electron chi connectivity index (χ4n) is 2.86. The number of aryl methyl sites for hydroxylation is 1. The summed E-state index contributed by atoms with van der Waals surface area (Å²) in [6, 6.07) is 0.401. The molecule has 1 aromatic heterocycles. The van der Waals surface area contributed by atoms with E-state index in [1.54, 1.807) is 0 Å². The number of imidazole rings is 1. The van der Waals surface area contributed by atoms with Crippen molar-refractivity contribution in [2.45, 2.75) is 44.7 Å². The average molecular weight is 314 g/mol. The lowest BCUT2D eigenvalue weighted by atomic mass is 10.0. The van der Waals surface area contributed by atoms with E-state index in [0.29, 0.717) is 24.7 Å². The first-order chi connectivity index (χ1) is 10.5. The van der Waals surface area contributed by atoms with Crippen LogP contribution in [0.1, 0.15) is 25.1 Å². The quantitative estimate of drug-likeness (QED) is 0.801. The maximum Gasteiger partial charge on any atom is 0.256 e. The van der Waals surface area contributed by atoms with Crippen LogP contribution in [0.5, 0.6) is 0 Å². The van der Waals surface area contributed by atoms with Crippen LogP contribution in [0.2, 0.25) is 0 Å². The molecular weight excluding hydrogens is 290 g/mol. The van der Waals surface area contributed by atoms with Crippen molar-refractivity contribution >= 4 is 5.91 Å². The first-order valence-electron chi connectivity index (χ1n) is 7.69. The topological polar surface area (TPSA) is 41.4 Å². The van der Waals surface area contributed by atoms with Crippen LogP contribution in [0.25, 0.3) is 0 Å². The molecule has 1 aromatic rings. The second kappa shape index (κ2) is 7.67. The maximum atomic E-state index is 12.5. The number of hydrogen-bond acceptors (Lipinski definition) is 3. The van der Waals surface area contributed by atoms with Crippen molar-refractivity contribution in [1.82, 2.24) is 19.4 Å². The Bertz CT molecular complexity index is 490. The zero-order chi connectivity index (χ0) is 16.1. The van der Waals surface area contributed by atoms with Gasteiger partial charge in [0, 0.05) is 44.4 Å². The van der Waals surface area contributed by atoms with Crippen molar-refractivity contribution < 1.29 is 13.6 Å². The number of likely N-dealkylation sites (N-methyl/N-ethyl adjacent to an activating group) is 1. The van der Waals surface area contributed by atoms with Gasteiger partial charge in [0.2, 0.25) is 5.91 Å². The third-order valence-corrected chi connectivity index (χ3v) is 4.18. The predicted octanol–water partition coefficient (Wildman–Crippen LogP) is 1.63. The molecule has 2 rings (SSSR count). The number of carbonyl (C=O) groups is 1. The van der Waals surface area contributed by atoms with Crippen molar-refractivity contribution in [2.75, 3.05) is 27.2 Å². The van der Waals surface area contributed by atoms with Gasteiger partial charge in [0.15, 0.2) is 0 Å². The van der Waals surface area contributed by atoms with Gasteiger partial charge in [-0.15, -0.1) is 0 Å². The second-order valence-electron chi connectivity index (χ2n) is 5.99. The highest BCUT2D eigenvalue weighted by atomic mass is 19.3. The summed E-state index contributed by atoms with van der Waals surface area (Å²) in [6.45, 7) is 1.17. The number of piperidine rings is 1. The normalized spacial score (nSPS) is 19.2. The number of aromatic nitrogens is 2. The monoisotopic (exact) mass is 314 g/mol. The molecule has 0 N–H and O–H groups in total. The first-order valence-corrected chi connectivity index (χ1v) is 7.69. The third kappa shape index (κ3) is 4.50. The first kappa shape index (κ1) is 16.9. The van der Waals surface area contributed by atoms with Gasteiger partial charge in [-0.05, 0) is 26.9 Å². The highest BCUT2D eigenvalue weighted by molar-refractivity contribution is 5.76.